The fourth-order valence-corrected chi connectivity index (χ4v) is 5.08. The molecule has 0 amide bonds. The lowest BCUT2D eigenvalue weighted by atomic mass is 9.53. The van der Waals surface area contributed by atoms with Gasteiger partial charge < -0.3 is 13.9 Å². The van der Waals surface area contributed by atoms with Crippen molar-refractivity contribution in [3.63, 3.8) is 0 Å². The van der Waals surface area contributed by atoms with Crippen LogP contribution in [0.5, 0.6) is 0 Å². The molecule has 2 aliphatic carbocycles. The van der Waals surface area contributed by atoms with Gasteiger partial charge in [0.2, 0.25) is 0 Å². The van der Waals surface area contributed by atoms with E-state index in [1.54, 1.807) is 26.0 Å². The molecule has 1 saturated carbocycles. The number of hydrogen-bond donors (Lipinski definition) is 0. The summed E-state index contributed by atoms with van der Waals surface area (Å²) in [7, 11) is 0. The molecule has 1 heterocycles. The van der Waals surface area contributed by atoms with Crippen LogP contribution in [0.15, 0.2) is 34.2 Å². The Labute approximate surface area is 179 Å². The van der Waals surface area contributed by atoms with Crippen LogP contribution < -0.4 is 0 Å². The molecule has 1 aromatic rings. The first-order chi connectivity index (χ1) is 14.2. The van der Waals surface area contributed by atoms with Crippen LogP contribution in [0.1, 0.15) is 70.8 Å². The standard InChI is InChI=1S/C25H34O5/c1-7-15(3)24(27)30-21-10-9-18-11-22-19(16(4)14-28-22)13-25(18,6)20(21)12-23(26)29-17(5)8-2/h7-8,14,18,20-21H,9-13H2,1-6H3. The molecule has 0 radical (unpaired) electrons. The molecule has 164 valence electrons. The van der Waals surface area contributed by atoms with Crippen molar-refractivity contribution in [2.75, 3.05) is 0 Å². The molecule has 0 spiro atoms. The largest absolute Gasteiger partial charge is 0.469 e. The normalized spacial score (nSPS) is 29.1. The van der Waals surface area contributed by atoms with E-state index in [4.69, 9.17) is 13.9 Å². The Kier molecular flexibility index (Phi) is 6.59. The maximum absolute atomic E-state index is 12.7. The molecule has 4 atom stereocenters. The molecule has 0 aliphatic heterocycles. The van der Waals surface area contributed by atoms with Crippen LogP contribution in [0.25, 0.3) is 0 Å². The van der Waals surface area contributed by atoms with Gasteiger partial charge in [0.25, 0.3) is 0 Å². The SMILES string of the molecule is CC=C(C)OC(=O)CC1C(OC(=O)C(C)=CC)CCC2Cc3occ(C)c3CC21C. The zero-order valence-electron chi connectivity index (χ0n) is 19.0. The first-order valence-electron chi connectivity index (χ1n) is 10.9. The highest BCUT2D eigenvalue weighted by molar-refractivity contribution is 5.87. The highest BCUT2D eigenvalue weighted by atomic mass is 16.5. The third kappa shape index (κ3) is 4.26. The fourth-order valence-electron chi connectivity index (χ4n) is 5.08. The minimum atomic E-state index is -0.305. The van der Waals surface area contributed by atoms with Gasteiger partial charge in [-0.1, -0.05) is 13.0 Å². The number of ether oxygens (including phenoxy) is 2. The van der Waals surface area contributed by atoms with Crippen LogP contribution in [-0.4, -0.2) is 18.0 Å². The van der Waals surface area contributed by atoms with E-state index in [0.717, 1.165) is 37.0 Å². The highest BCUT2D eigenvalue weighted by Gasteiger charge is 2.53. The third-order valence-electron chi connectivity index (χ3n) is 7.29. The maximum Gasteiger partial charge on any atom is 0.333 e. The van der Waals surface area contributed by atoms with Crippen LogP contribution in [-0.2, 0) is 31.9 Å². The predicted octanol–water partition coefficient (Wildman–Crippen LogP) is 5.45. The summed E-state index contributed by atoms with van der Waals surface area (Å²) in [6.07, 6.45) is 8.68. The number of aryl methyl sites for hydroxylation is 1. The van der Waals surface area contributed by atoms with Gasteiger partial charge in [0.05, 0.1) is 12.7 Å². The molecule has 4 unspecified atom stereocenters. The summed E-state index contributed by atoms with van der Waals surface area (Å²) in [5.41, 5.74) is 2.82. The highest BCUT2D eigenvalue weighted by Crippen LogP contribution is 2.54. The Balaban J connectivity index is 1.92. The smallest absolute Gasteiger partial charge is 0.333 e. The van der Waals surface area contributed by atoms with Gasteiger partial charge in [0.15, 0.2) is 0 Å². The molecule has 3 rings (SSSR count). The summed E-state index contributed by atoms with van der Waals surface area (Å²) < 4.78 is 17.2. The van der Waals surface area contributed by atoms with Crippen molar-refractivity contribution in [1.82, 2.24) is 0 Å². The average Bonchev–Trinajstić information content (AvgIpc) is 3.06. The average molecular weight is 415 g/mol. The van der Waals surface area contributed by atoms with E-state index in [1.807, 2.05) is 20.1 Å². The molecule has 0 saturated heterocycles. The Morgan fingerprint density at radius 2 is 1.97 bits per heavy atom. The van der Waals surface area contributed by atoms with E-state index in [9.17, 15) is 9.59 Å². The molecule has 2 aliphatic rings. The number of fused-ring (bicyclic) bond motifs is 2. The lowest BCUT2D eigenvalue weighted by Gasteiger charge is -2.52. The predicted molar refractivity (Wildman–Crippen MR) is 115 cm³/mol. The topological polar surface area (TPSA) is 65.7 Å². The molecule has 5 nitrogen and oxygen atoms in total. The zero-order valence-corrected chi connectivity index (χ0v) is 19.0. The first kappa shape index (κ1) is 22.4. The Morgan fingerprint density at radius 3 is 2.63 bits per heavy atom. The van der Waals surface area contributed by atoms with Crippen molar-refractivity contribution < 1.29 is 23.5 Å². The molecule has 1 fully saturated rings. The summed E-state index contributed by atoms with van der Waals surface area (Å²) in [4.78, 5) is 25.3. The number of allylic oxidation sites excluding steroid dienone is 3. The number of rotatable bonds is 5. The van der Waals surface area contributed by atoms with Crippen molar-refractivity contribution in [2.45, 2.75) is 79.8 Å². The van der Waals surface area contributed by atoms with E-state index < -0.39 is 0 Å². The van der Waals surface area contributed by atoms with Crippen LogP contribution >= 0.6 is 0 Å². The summed E-state index contributed by atoms with van der Waals surface area (Å²) in [5.74, 6) is 1.37. The first-order valence-corrected chi connectivity index (χ1v) is 10.9. The lowest BCUT2D eigenvalue weighted by Crippen LogP contribution is -2.52. The van der Waals surface area contributed by atoms with Crippen molar-refractivity contribution in [2.24, 2.45) is 17.3 Å². The maximum atomic E-state index is 12.7. The van der Waals surface area contributed by atoms with Gasteiger partial charge in [0.1, 0.15) is 17.6 Å². The molecule has 5 heteroatoms. The Bertz CT molecular complexity index is 874. The van der Waals surface area contributed by atoms with Crippen molar-refractivity contribution in [1.29, 1.82) is 0 Å². The monoisotopic (exact) mass is 414 g/mol. The Morgan fingerprint density at radius 1 is 1.23 bits per heavy atom. The quantitative estimate of drug-likeness (QED) is 0.364. The van der Waals surface area contributed by atoms with Gasteiger partial charge in [-0.15, -0.1) is 0 Å². The van der Waals surface area contributed by atoms with E-state index in [-0.39, 0.29) is 35.8 Å². The molecule has 0 N–H and O–H groups in total. The number of esters is 2. The third-order valence-corrected chi connectivity index (χ3v) is 7.29. The minimum Gasteiger partial charge on any atom is -0.469 e. The lowest BCUT2D eigenvalue weighted by molar-refractivity contribution is -0.164. The summed E-state index contributed by atoms with van der Waals surface area (Å²) in [5, 5.41) is 0. The molecular formula is C25H34O5. The van der Waals surface area contributed by atoms with Gasteiger partial charge in [-0.25, -0.2) is 4.79 Å². The minimum absolute atomic E-state index is 0.107. The molecule has 0 bridgehead atoms. The van der Waals surface area contributed by atoms with Crippen LogP contribution in [0.4, 0.5) is 0 Å². The number of carbonyl (C=O) groups is 2. The van der Waals surface area contributed by atoms with Crippen LogP contribution in [0, 0.1) is 24.2 Å². The van der Waals surface area contributed by atoms with E-state index >= 15 is 0 Å². The van der Waals surface area contributed by atoms with Crippen LogP contribution in [0.3, 0.4) is 0 Å². The zero-order chi connectivity index (χ0) is 22.1. The number of furan rings is 1. The van der Waals surface area contributed by atoms with Crippen molar-refractivity contribution >= 4 is 11.9 Å². The molecule has 1 aromatic heterocycles. The second kappa shape index (κ2) is 8.83. The summed E-state index contributed by atoms with van der Waals surface area (Å²) in [6.45, 7) is 11.5. The van der Waals surface area contributed by atoms with Gasteiger partial charge in [-0.2, -0.15) is 0 Å². The van der Waals surface area contributed by atoms with Gasteiger partial charge in [-0.3, -0.25) is 4.79 Å². The number of hydrogen-bond acceptors (Lipinski definition) is 5. The Hall–Kier alpha value is -2.30. The summed E-state index contributed by atoms with van der Waals surface area (Å²) in [6, 6.07) is 0. The molecular weight excluding hydrogens is 380 g/mol. The van der Waals surface area contributed by atoms with Crippen molar-refractivity contribution in [3.8, 4) is 0 Å². The second-order valence-corrected chi connectivity index (χ2v) is 9.08. The fraction of sp³-hybridized carbons (Fsp3) is 0.600. The second-order valence-electron chi connectivity index (χ2n) is 9.08. The van der Waals surface area contributed by atoms with Crippen molar-refractivity contribution in [3.05, 3.63) is 46.6 Å². The van der Waals surface area contributed by atoms with Gasteiger partial charge >= 0.3 is 11.9 Å². The van der Waals surface area contributed by atoms with Crippen LogP contribution in [0.2, 0.25) is 0 Å². The van der Waals surface area contributed by atoms with Gasteiger partial charge in [-0.05, 0) is 82.4 Å². The molecule has 30 heavy (non-hydrogen) atoms. The molecule has 0 aromatic carbocycles. The van der Waals surface area contributed by atoms with E-state index in [1.165, 1.54) is 5.56 Å². The number of carbonyl (C=O) groups excluding carboxylic acids is 2. The van der Waals surface area contributed by atoms with E-state index in [2.05, 4.69) is 13.8 Å². The van der Waals surface area contributed by atoms with E-state index in [0.29, 0.717) is 17.3 Å². The summed E-state index contributed by atoms with van der Waals surface area (Å²) >= 11 is 0. The van der Waals surface area contributed by atoms with Gasteiger partial charge in [0, 0.05) is 17.9 Å².